The normalized spacial score (nSPS) is 10.0. The molecule has 0 saturated heterocycles. The zero-order chi connectivity index (χ0) is 20.5. The number of ether oxygens (including phenoxy) is 1. The molecule has 0 aliphatic heterocycles. The lowest BCUT2D eigenvalue weighted by atomic mass is 10.2. The average Bonchev–Trinajstić information content (AvgIpc) is 2.69. The summed E-state index contributed by atoms with van der Waals surface area (Å²) in [4.78, 5) is 45.3. The molecular weight excluding hydrogens is 390 g/mol. The van der Waals surface area contributed by atoms with Crippen LogP contribution in [0.3, 0.4) is 0 Å². The molecule has 0 heterocycles. The number of hydrogen-bond donors (Lipinski definition) is 2. The van der Waals surface area contributed by atoms with Gasteiger partial charge in [0.25, 0.3) is 17.5 Å². The molecule has 2 aromatic carbocycles. The summed E-state index contributed by atoms with van der Waals surface area (Å²) in [6.07, 6.45) is 0. The summed E-state index contributed by atoms with van der Waals surface area (Å²) in [5, 5.41) is 16.0. The number of amides is 2. The van der Waals surface area contributed by atoms with Gasteiger partial charge in [-0.05, 0) is 17.7 Å². The van der Waals surface area contributed by atoms with E-state index in [0.717, 1.165) is 6.07 Å². The molecule has 0 unspecified atom stereocenters. The number of nitrogens with zero attached hydrogens (tertiary/aromatic N) is 1. The van der Waals surface area contributed by atoms with Gasteiger partial charge >= 0.3 is 5.97 Å². The summed E-state index contributed by atoms with van der Waals surface area (Å²) >= 11 is 5.97. The third kappa shape index (κ3) is 6.36. The van der Waals surface area contributed by atoms with Crippen molar-refractivity contribution in [3.05, 3.63) is 74.8 Å². The molecule has 0 bridgehead atoms. The van der Waals surface area contributed by atoms with Gasteiger partial charge in [0.05, 0.1) is 4.92 Å². The standard InChI is InChI=1S/C18H16ClN3O6/c19-15-7-2-1-4-13(15)9-20-16(23)11-28-17(24)10-21-18(25)12-5-3-6-14(8-12)22(26)27/h1-8H,9-11H2,(H,20,23)(H,21,25). The molecule has 10 heteroatoms. The number of rotatable bonds is 8. The van der Waals surface area contributed by atoms with Crippen LogP contribution >= 0.6 is 11.6 Å². The summed E-state index contributed by atoms with van der Waals surface area (Å²) in [6.45, 7) is -0.825. The lowest BCUT2D eigenvalue weighted by Crippen LogP contribution is -2.33. The predicted molar refractivity (Wildman–Crippen MR) is 99.7 cm³/mol. The van der Waals surface area contributed by atoms with E-state index in [9.17, 15) is 24.5 Å². The maximum Gasteiger partial charge on any atom is 0.325 e. The van der Waals surface area contributed by atoms with Gasteiger partial charge in [-0.25, -0.2) is 0 Å². The van der Waals surface area contributed by atoms with Crippen molar-refractivity contribution in [2.75, 3.05) is 13.2 Å². The maximum atomic E-state index is 11.9. The van der Waals surface area contributed by atoms with Crippen molar-refractivity contribution in [2.24, 2.45) is 0 Å². The van der Waals surface area contributed by atoms with Crippen LogP contribution in [0.2, 0.25) is 5.02 Å². The number of carbonyl (C=O) groups excluding carboxylic acids is 3. The molecule has 9 nitrogen and oxygen atoms in total. The van der Waals surface area contributed by atoms with Crippen molar-refractivity contribution in [3.63, 3.8) is 0 Å². The van der Waals surface area contributed by atoms with E-state index < -0.39 is 35.9 Å². The Balaban J connectivity index is 1.73. The molecule has 0 aliphatic rings. The van der Waals surface area contributed by atoms with E-state index in [4.69, 9.17) is 16.3 Å². The van der Waals surface area contributed by atoms with E-state index in [1.807, 2.05) is 0 Å². The number of benzene rings is 2. The van der Waals surface area contributed by atoms with Crippen LogP contribution in [0.1, 0.15) is 15.9 Å². The molecule has 0 saturated carbocycles. The minimum absolute atomic E-state index is 0.0273. The van der Waals surface area contributed by atoms with Gasteiger partial charge in [-0.2, -0.15) is 0 Å². The monoisotopic (exact) mass is 405 g/mol. The Morgan fingerprint density at radius 2 is 1.82 bits per heavy atom. The molecule has 2 aromatic rings. The number of nitrogens with one attached hydrogen (secondary N) is 2. The zero-order valence-electron chi connectivity index (χ0n) is 14.5. The van der Waals surface area contributed by atoms with E-state index in [1.165, 1.54) is 18.2 Å². The highest BCUT2D eigenvalue weighted by molar-refractivity contribution is 6.31. The summed E-state index contributed by atoms with van der Waals surface area (Å²) in [5.74, 6) is -2.03. The summed E-state index contributed by atoms with van der Waals surface area (Å²) in [6, 6.07) is 12.0. The van der Waals surface area contributed by atoms with Gasteiger partial charge in [0.1, 0.15) is 6.54 Å². The van der Waals surface area contributed by atoms with Crippen LogP contribution in [-0.4, -0.2) is 35.9 Å². The number of nitro benzene ring substituents is 1. The second-order valence-electron chi connectivity index (χ2n) is 5.52. The number of esters is 1. The van der Waals surface area contributed by atoms with E-state index in [1.54, 1.807) is 24.3 Å². The van der Waals surface area contributed by atoms with Crippen molar-refractivity contribution in [2.45, 2.75) is 6.54 Å². The molecule has 2 amide bonds. The van der Waals surface area contributed by atoms with Crippen LogP contribution in [0.15, 0.2) is 48.5 Å². The fraction of sp³-hybridized carbons (Fsp3) is 0.167. The Bertz CT molecular complexity index is 902. The minimum atomic E-state index is -0.827. The van der Waals surface area contributed by atoms with Crippen molar-refractivity contribution in [1.82, 2.24) is 10.6 Å². The van der Waals surface area contributed by atoms with Gasteiger partial charge in [0.15, 0.2) is 6.61 Å². The number of halogens is 1. The SMILES string of the molecule is O=C(COC(=O)CNC(=O)c1cccc([N+](=O)[O-])c1)NCc1ccccc1Cl. The second kappa shape index (κ2) is 10.0. The minimum Gasteiger partial charge on any atom is -0.454 e. The smallest absolute Gasteiger partial charge is 0.325 e. The second-order valence-corrected chi connectivity index (χ2v) is 5.93. The first-order valence-corrected chi connectivity index (χ1v) is 8.43. The molecule has 0 aromatic heterocycles. The summed E-state index contributed by atoms with van der Waals surface area (Å²) in [7, 11) is 0. The first kappa shape index (κ1) is 20.8. The Hall–Kier alpha value is -3.46. The van der Waals surface area contributed by atoms with E-state index >= 15 is 0 Å². The Morgan fingerprint density at radius 3 is 2.54 bits per heavy atom. The zero-order valence-corrected chi connectivity index (χ0v) is 15.3. The van der Waals surface area contributed by atoms with Crippen LogP contribution in [0.4, 0.5) is 5.69 Å². The van der Waals surface area contributed by atoms with Gasteiger partial charge in [-0.3, -0.25) is 24.5 Å². The third-order valence-electron chi connectivity index (χ3n) is 3.51. The molecular formula is C18H16ClN3O6. The van der Waals surface area contributed by atoms with Crippen LogP contribution in [0.5, 0.6) is 0 Å². The average molecular weight is 406 g/mol. The van der Waals surface area contributed by atoms with Crippen molar-refractivity contribution in [3.8, 4) is 0 Å². The highest BCUT2D eigenvalue weighted by atomic mass is 35.5. The molecule has 2 N–H and O–H groups in total. The summed E-state index contributed by atoms with van der Waals surface area (Å²) < 4.78 is 4.76. The highest BCUT2D eigenvalue weighted by Gasteiger charge is 2.14. The molecule has 0 aliphatic carbocycles. The lowest BCUT2D eigenvalue weighted by Gasteiger charge is -2.08. The largest absolute Gasteiger partial charge is 0.454 e. The first-order valence-electron chi connectivity index (χ1n) is 8.05. The highest BCUT2D eigenvalue weighted by Crippen LogP contribution is 2.14. The topological polar surface area (TPSA) is 128 Å². The molecule has 0 atom stereocenters. The number of hydrogen-bond acceptors (Lipinski definition) is 6. The first-order chi connectivity index (χ1) is 13.4. The predicted octanol–water partition coefficient (Wildman–Crippen LogP) is 1.84. The molecule has 146 valence electrons. The van der Waals surface area contributed by atoms with Gasteiger partial charge in [0, 0.05) is 29.3 Å². The third-order valence-corrected chi connectivity index (χ3v) is 3.88. The number of carbonyl (C=O) groups is 3. The van der Waals surface area contributed by atoms with E-state index in [2.05, 4.69) is 10.6 Å². The number of non-ortho nitro benzene ring substituents is 1. The van der Waals surface area contributed by atoms with Crippen molar-refractivity contribution < 1.29 is 24.0 Å². The fourth-order valence-electron chi connectivity index (χ4n) is 2.10. The van der Waals surface area contributed by atoms with Crippen molar-refractivity contribution in [1.29, 1.82) is 0 Å². The Kier molecular flexibility index (Phi) is 7.46. The lowest BCUT2D eigenvalue weighted by molar-refractivity contribution is -0.384. The van der Waals surface area contributed by atoms with Gasteiger partial charge < -0.3 is 15.4 Å². The van der Waals surface area contributed by atoms with Crippen LogP contribution in [-0.2, 0) is 20.9 Å². The molecule has 28 heavy (non-hydrogen) atoms. The van der Waals surface area contributed by atoms with E-state index in [0.29, 0.717) is 10.6 Å². The van der Waals surface area contributed by atoms with Crippen LogP contribution in [0.25, 0.3) is 0 Å². The van der Waals surface area contributed by atoms with Gasteiger partial charge in [0.2, 0.25) is 0 Å². The molecule has 2 rings (SSSR count). The van der Waals surface area contributed by atoms with Crippen LogP contribution in [0, 0.1) is 10.1 Å². The quantitative estimate of drug-likeness (QED) is 0.392. The Labute approximate surface area is 164 Å². The molecule has 0 fully saturated rings. The van der Waals surface area contributed by atoms with Crippen LogP contribution < -0.4 is 10.6 Å². The van der Waals surface area contributed by atoms with Crippen molar-refractivity contribution >= 4 is 35.1 Å². The molecule has 0 spiro atoms. The fourth-order valence-corrected chi connectivity index (χ4v) is 2.30. The van der Waals surface area contributed by atoms with Gasteiger partial charge in [-0.1, -0.05) is 35.9 Å². The maximum absolute atomic E-state index is 11.9. The molecule has 0 radical (unpaired) electrons. The van der Waals surface area contributed by atoms with E-state index in [-0.39, 0.29) is 17.8 Å². The number of nitro groups is 1. The summed E-state index contributed by atoms with van der Waals surface area (Å²) in [5.41, 5.74) is 0.498. The Morgan fingerprint density at radius 1 is 1.07 bits per heavy atom. The van der Waals surface area contributed by atoms with Gasteiger partial charge in [-0.15, -0.1) is 0 Å².